The summed E-state index contributed by atoms with van der Waals surface area (Å²) < 4.78 is 0. The van der Waals surface area contributed by atoms with Crippen molar-refractivity contribution in [2.24, 2.45) is 10.2 Å². The van der Waals surface area contributed by atoms with E-state index in [-0.39, 0.29) is 0 Å². The summed E-state index contributed by atoms with van der Waals surface area (Å²) in [6.45, 7) is 4.26. The number of hydrogen-bond acceptors (Lipinski definition) is 2. The van der Waals surface area contributed by atoms with Gasteiger partial charge < -0.3 is 0 Å². The lowest BCUT2D eigenvalue weighted by Gasteiger charge is -1.98. The summed E-state index contributed by atoms with van der Waals surface area (Å²) in [5.74, 6) is 0. The van der Waals surface area contributed by atoms with Gasteiger partial charge >= 0.3 is 0 Å². The Bertz CT molecular complexity index is 578. The second-order valence-electron chi connectivity index (χ2n) is 4.89. The summed E-state index contributed by atoms with van der Waals surface area (Å²) in [7, 11) is 0. The molecule has 20 heavy (non-hydrogen) atoms. The average molecular weight is 264 g/mol. The first-order chi connectivity index (χ1) is 9.78. The van der Waals surface area contributed by atoms with E-state index in [0.717, 1.165) is 17.5 Å². The van der Waals surface area contributed by atoms with E-state index in [4.69, 9.17) is 0 Å². The Morgan fingerprint density at radius 1 is 0.800 bits per heavy atom. The second kappa shape index (κ2) is 7.39. The molecule has 0 fully saturated rings. The molecule has 0 aromatic heterocycles. The van der Waals surface area contributed by atoms with Gasteiger partial charge in [0.05, 0.1) is 12.4 Å². The molecule has 0 atom stereocenters. The maximum Gasteiger partial charge on any atom is 0.0568 e. The van der Waals surface area contributed by atoms with Gasteiger partial charge in [-0.1, -0.05) is 67.4 Å². The summed E-state index contributed by atoms with van der Waals surface area (Å²) in [5.41, 5.74) is 4.75. The van der Waals surface area contributed by atoms with E-state index >= 15 is 0 Å². The molecule has 0 spiro atoms. The number of hydrogen-bond donors (Lipinski definition) is 0. The topological polar surface area (TPSA) is 24.7 Å². The van der Waals surface area contributed by atoms with Crippen molar-refractivity contribution >= 4 is 12.4 Å². The first-order valence-corrected chi connectivity index (χ1v) is 7.00. The molecular weight excluding hydrogens is 244 g/mol. The van der Waals surface area contributed by atoms with E-state index in [1.165, 1.54) is 17.5 Å². The van der Waals surface area contributed by atoms with Crippen LogP contribution in [0.1, 0.15) is 35.6 Å². The van der Waals surface area contributed by atoms with Crippen LogP contribution in [-0.4, -0.2) is 12.4 Å². The average Bonchev–Trinajstić information content (AvgIpc) is 2.47. The molecule has 0 N–H and O–H groups in total. The standard InChI is InChI=1S/C18H20N2/c1-3-4-16-9-11-18(12-10-16)14-20-19-13-17-7-5-15(2)6-8-17/h5-14H,3-4H2,1-2H3/b19-13+,20-14+. The summed E-state index contributed by atoms with van der Waals surface area (Å²) in [6.07, 6.45) is 5.85. The SMILES string of the molecule is CCCc1ccc(/C=N/N=C/c2ccc(C)cc2)cc1. The van der Waals surface area contributed by atoms with E-state index in [1.807, 2.05) is 12.1 Å². The Labute approximate surface area is 120 Å². The van der Waals surface area contributed by atoms with Crippen LogP contribution in [0.15, 0.2) is 58.7 Å². The third-order valence-electron chi connectivity index (χ3n) is 3.08. The molecule has 0 aliphatic carbocycles. The van der Waals surface area contributed by atoms with E-state index in [9.17, 15) is 0 Å². The lowest BCUT2D eigenvalue weighted by atomic mass is 10.1. The molecule has 2 heteroatoms. The molecule has 0 unspecified atom stereocenters. The van der Waals surface area contributed by atoms with Gasteiger partial charge in [0.1, 0.15) is 0 Å². The summed E-state index contributed by atoms with van der Waals surface area (Å²) >= 11 is 0. The highest BCUT2D eigenvalue weighted by Gasteiger charge is 1.91. The molecule has 0 aliphatic rings. The quantitative estimate of drug-likeness (QED) is 0.565. The molecule has 2 aromatic rings. The zero-order valence-electron chi connectivity index (χ0n) is 12.1. The Balaban J connectivity index is 1.94. The van der Waals surface area contributed by atoms with Gasteiger partial charge in [0, 0.05) is 0 Å². The molecular formula is C18H20N2. The van der Waals surface area contributed by atoms with Crippen LogP contribution >= 0.6 is 0 Å². The molecule has 0 amide bonds. The molecule has 0 heterocycles. The van der Waals surface area contributed by atoms with Gasteiger partial charge in [-0.15, -0.1) is 0 Å². The highest BCUT2D eigenvalue weighted by atomic mass is 15.2. The second-order valence-corrected chi connectivity index (χ2v) is 4.89. The fraction of sp³-hybridized carbons (Fsp3) is 0.222. The van der Waals surface area contributed by atoms with Gasteiger partial charge in [-0.2, -0.15) is 10.2 Å². The predicted molar refractivity (Wildman–Crippen MR) is 86.8 cm³/mol. The maximum atomic E-state index is 4.08. The van der Waals surface area contributed by atoms with Crippen LogP contribution in [0.3, 0.4) is 0 Å². The monoisotopic (exact) mass is 264 g/mol. The molecule has 0 bridgehead atoms. The van der Waals surface area contributed by atoms with Crippen LogP contribution in [0.4, 0.5) is 0 Å². The smallest absolute Gasteiger partial charge is 0.0568 e. The highest BCUT2D eigenvalue weighted by molar-refractivity contribution is 5.82. The van der Waals surface area contributed by atoms with Crippen molar-refractivity contribution in [2.75, 3.05) is 0 Å². The van der Waals surface area contributed by atoms with Gasteiger partial charge in [0.2, 0.25) is 0 Å². The molecule has 0 saturated carbocycles. The molecule has 0 aliphatic heterocycles. The van der Waals surface area contributed by atoms with E-state index in [2.05, 4.69) is 60.4 Å². The third-order valence-corrected chi connectivity index (χ3v) is 3.08. The summed E-state index contributed by atoms with van der Waals surface area (Å²) in [5, 5.41) is 8.15. The van der Waals surface area contributed by atoms with Crippen LogP contribution < -0.4 is 0 Å². The molecule has 2 aromatic carbocycles. The van der Waals surface area contributed by atoms with Gasteiger partial charge in [-0.25, -0.2) is 0 Å². The van der Waals surface area contributed by atoms with Crippen LogP contribution in [0, 0.1) is 6.92 Å². The minimum absolute atomic E-state index is 1.06. The number of nitrogens with zero attached hydrogens (tertiary/aromatic N) is 2. The van der Waals surface area contributed by atoms with Crippen molar-refractivity contribution in [3.63, 3.8) is 0 Å². The van der Waals surface area contributed by atoms with Crippen LogP contribution in [0.2, 0.25) is 0 Å². The number of benzene rings is 2. The first kappa shape index (κ1) is 14.2. The normalized spacial score (nSPS) is 11.5. The Morgan fingerprint density at radius 2 is 1.30 bits per heavy atom. The van der Waals surface area contributed by atoms with E-state index in [0.29, 0.717) is 0 Å². The van der Waals surface area contributed by atoms with Crippen LogP contribution in [-0.2, 0) is 6.42 Å². The minimum atomic E-state index is 1.06. The fourth-order valence-electron chi connectivity index (χ4n) is 1.91. The minimum Gasteiger partial charge on any atom is -0.159 e. The highest BCUT2D eigenvalue weighted by Crippen LogP contribution is 2.05. The molecule has 102 valence electrons. The zero-order valence-corrected chi connectivity index (χ0v) is 12.1. The largest absolute Gasteiger partial charge is 0.159 e. The fourth-order valence-corrected chi connectivity index (χ4v) is 1.91. The van der Waals surface area contributed by atoms with Crippen molar-refractivity contribution in [2.45, 2.75) is 26.7 Å². The van der Waals surface area contributed by atoms with Crippen molar-refractivity contribution in [3.8, 4) is 0 Å². The molecule has 2 rings (SSSR count). The molecule has 0 saturated heterocycles. The predicted octanol–water partition coefficient (Wildman–Crippen LogP) is 4.40. The number of aryl methyl sites for hydroxylation is 2. The van der Waals surface area contributed by atoms with Crippen LogP contribution in [0.25, 0.3) is 0 Å². The Morgan fingerprint density at radius 3 is 1.80 bits per heavy atom. The summed E-state index contributed by atoms with van der Waals surface area (Å²) in [6, 6.07) is 16.7. The van der Waals surface area contributed by atoms with Crippen molar-refractivity contribution < 1.29 is 0 Å². The molecule has 0 radical (unpaired) electrons. The number of rotatable bonds is 5. The van der Waals surface area contributed by atoms with Crippen molar-refractivity contribution in [3.05, 3.63) is 70.8 Å². The Kier molecular flexibility index (Phi) is 5.24. The van der Waals surface area contributed by atoms with E-state index in [1.54, 1.807) is 12.4 Å². The van der Waals surface area contributed by atoms with Gasteiger partial charge in [-0.3, -0.25) is 0 Å². The van der Waals surface area contributed by atoms with Crippen molar-refractivity contribution in [1.29, 1.82) is 0 Å². The van der Waals surface area contributed by atoms with Crippen molar-refractivity contribution in [1.82, 2.24) is 0 Å². The van der Waals surface area contributed by atoms with Crippen LogP contribution in [0.5, 0.6) is 0 Å². The van der Waals surface area contributed by atoms with Gasteiger partial charge in [-0.05, 0) is 30.0 Å². The molecule has 2 nitrogen and oxygen atoms in total. The maximum absolute atomic E-state index is 4.08. The van der Waals surface area contributed by atoms with Gasteiger partial charge in [0.25, 0.3) is 0 Å². The zero-order chi connectivity index (χ0) is 14.2. The third kappa shape index (κ3) is 4.47. The first-order valence-electron chi connectivity index (χ1n) is 7.00. The lowest BCUT2D eigenvalue weighted by Crippen LogP contribution is -1.85. The lowest BCUT2D eigenvalue weighted by molar-refractivity contribution is 0.922. The Hall–Kier alpha value is -2.22. The summed E-state index contributed by atoms with van der Waals surface area (Å²) in [4.78, 5) is 0. The van der Waals surface area contributed by atoms with E-state index < -0.39 is 0 Å². The van der Waals surface area contributed by atoms with Gasteiger partial charge in [0.15, 0.2) is 0 Å².